The zero-order valence-corrected chi connectivity index (χ0v) is 11.8. The number of rotatable bonds is 5. The average Bonchev–Trinajstić information content (AvgIpc) is 2.25. The molecule has 4 heteroatoms. The van der Waals surface area contributed by atoms with Gasteiger partial charge in [-0.1, -0.05) is 22.0 Å². The molecule has 0 spiro atoms. The fraction of sp³-hybridized carbons (Fsp3) is 0.500. The molecule has 0 aliphatic rings. The van der Waals surface area contributed by atoms with E-state index in [2.05, 4.69) is 59.0 Å². The van der Waals surface area contributed by atoms with Gasteiger partial charge in [-0.2, -0.15) is 0 Å². The van der Waals surface area contributed by atoms with Crippen LogP contribution in [0.3, 0.4) is 0 Å². The molecule has 2 N–H and O–H groups in total. The second-order valence-electron chi connectivity index (χ2n) is 4.20. The molecule has 16 heavy (non-hydrogen) atoms. The van der Waals surface area contributed by atoms with Crippen molar-refractivity contribution >= 4 is 21.6 Å². The maximum Gasteiger partial charge on any atom is 0.0420 e. The van der Waals surface area contributed by atoms with Gasteiger partial charge in [0.05, 0.1) is 0 Å². The normalized spacial score (nSPS) is 10.9. The lowest BCUT2D eigenvalue weighted by molar-refractivity contribution is 0.416. The van der Waals surface area contributed by atoms with Gasteiger partial charge >= 0.3 is 0 Å². The van der Waals surface area contributed by atoms with Gasteiger partial charge in [-0.25, -0.2) is 0 Å². The topological polar surface area (TPSA) is 32.5 Å². The molecule has 0 aliphatic carbocycles. The van der Waals surface area contributed by atoms with E-state index in [-0.39, 0.29) is 0 Å². The Bertz CT molecular complexity index is 339. The van der Waals surface area contributed by atoms with E-state index < -0.39 is 0 Å². The summed E-state index contributed by atoms with van der Waals surface area (Å²) in [6.45, 7) is 2.61. The molecular formula is C12H20BrN3. The van der Waals surface area contributed by atoms with Crippen molar-refractivity contribution < 1.29 is 0 Å². The summed E-state index contributed by atoms with van der Waals surface area (Å²) in [7, 11) is 6.27. The zero-order chi connectivity index (χ0) is 12.1. The molecule has 0 fully saturated rings. The predicted molar refractivity (Wildman–Crippen MR) is 73.9 cm³/mol. The maximum absolute atomic E-state index is 5.74. The van der Waals surface area contributed by atoms with Crippen LogP contribution in [0, 0.1) is 0 Å². The highest BCUT2D eigenvalue weighted by Gasteiger charge is 2.07. The van der Waals surface area contributed by atoms with Crippen LogP contribution in [0.2, 0.25) is 0 Å². The number of anilines is 1. The van der Waals surface area contributed by atoms with E-state index in [0.29, 0.717) is 6.54 Å². The SMILES string of the molecule is CN(C)CCN(C)c1cc(Br)ccc1CN. The number of nitrogens with two attached hydrogens (primary N) is 1. The molecule has 0 aliphatic heterocycles. The molecule has 90 valence electrons. The van der Waals surface area contributed by atoms with E-state index in [0.717, 1.165) is 17.6 Å². The Labute approximate surface area is 106 Å². The van der Waals surface area contributed by atoms with Crippen molar-refractivity contribution in [1.82, 2.24) is 4.90 Å². The zero-order valence-electron chi connectivity index (χ0n) is 10.2. The molecule has 0 radical (unpaired) electrons. The summed E-state index contributed by atoms with van der Waals surface area (Å²) < 4.78 is 1.09. The largest absolute Gasteiger partial charge is 0.373 e. The minimum atomic E-state index is 0.578. The molecule has 3 nitrogen and oxygen atoms in total. The molecule has 0 saturated heterocycles. The molecule has 0 atom stereocenters. The van der Waals surface area contributed by atoms with Crippen molar-refractivity contribution in [3.05, 3.63) is 28.2 Å². The second kappa shape index (κ2) is 6.23. The Kier molecular flexibility index (Phi) is 5.25. The lowest BCUT2D eigenvalue weighted by Gasteiger charge is -2.24. The molecule has 0 heterocycles. The van der Waals surface area contributed by atoms with E-state index in [1.807, 2.05) is 6.07 Å². The summed E-state index contributed by atoms with van der Waals surface area (Å²) in [4.78, 5) is 4.42. The highest BCUT2D eigenvalue weighted by atomic mass is 79.9. The number of likely N-dealkylation sites (N-methyl/N-ethyl adjacent to an activating group) is 2. The molecule has 0 aromatic heterocycles. The molecule has 0 saturated carbocycles. The first-order chi connectivity index (χ1) is 7.54. The van der Waals surface area contributed by atoms with Crippen LogP contribution in [0.1, 0.15) is 5.56 Å². The summed E-state index contributed by atoms with van der Waals surface area (Å²) in [5.41, 5.74) is 8.13. The van der Waals surface area contributed by atoms with Gasteiger partial charge in [-0.15, -0.1) is 0 Å². The van der Waals surface area contributed by atoms with Crippen molar-refractivity contribution in [1.29, 1.82) is 0 Å². The highest BCUT2D eigenvalue weighted by molar-refractivity contribution is 9.10. The summed E-state index contributed by atoms with van der Waals surface area (Å²) in [5.74, 6) is 0. The van der Waals surface area contributed by atoms with E-state index in [4.69, 9.17) is 5.73 Å². The number of benzene rings is 1. The van der Waals surface area contributed by atoms with E-state index in [1.165, 1.54) is 11.3 Å². The lowest BCUT2D eigenvalue weighted by Crippen LogP contribution is -2.29. The first-order valence-corrected chi connectivity index (χ1v) is 6.18. The molecular weight excluding hydrogens is 266 g/mol. The number of hydrogen-bond acceptors (Lipinski definition) is 3. The first kappa shape index (κ1) is 13.5. The highest BCUT2D eigenvalue weighted by Crippen LogP contribution is 2.23. The summed E-state index contributed by atoms with van der Waals surface area (Å²) in [5, 5.41) is 0. The van der Waals surface area contributed by atoms with Crippen LogP contribution in [0.5, 0.6) is 0 Å². The fourth-order valence-corrected chi connectivity index (χ4v) is 1.88. The van der Waals surface area contributed by atoms with Crippen LogP contribution in [-0.4, -0.2) is 39.1 Å². The predicted octanol–water partition coefficient (Wildman–Crippen LogP) is 1.91. The second-order valence-corrected chi connectivity index (χ2v) is 5.12. The Morgan fingerprint density at radius 3 is 2.44 bits per heavy atom. The van der Waals surface area contributed by atoms with Crippen molar-refractivity contribution in [2.45, 2.75) is 6.54 Å². The Hall–Kier alpha value is -0.580. The quantitative estimate of drug-likeness (QED) is 0.897. The molecule has 0 unspecified atom stereocenters. The van der Waals surface area contributed by atoms with Gasteiger partial charge in [-0.05, 0) is 31.8 Å². The Balaban J connectivity index is 2.80. The minimum absolute atomic E-state index is 0.578. The van der Waals surface area contributed by atoms with Crippen molar-refractivity contribution in [2.24, 2.45) is 5.73 Å². The summed E-state index contributed by atoms with van der Waals surface area (Å²) in [6.07, 6.45) is 0. The van der Waals surface area contributed by atoms with Gasteiger partial charge in [0.25, 0.3) is 0 Å². The van der Waals surface area contributed by atoms with Crippen LogP contribution in [0.4, 0.5) is 5.69 Å². The van der Waals surface area contributed by atoms with Crippen molar-refractivity contribution in [2.75, 3.05) is 39.1 Å². The van der Waals surface area contributed by atoms with E-state index in [1.54, 1.807) is 0 Å². The van der Waals surface area contributed by atoms with Crippen LogP contribution in [-0.2, 0) is 6.54 Å². The monoisotopic (exact) mass is 285 g/mol. The molecule has 0 amide bonds. The smallest absolute Gasteiger partial charge is 0.0420 e. The number of hydrogen-bond donors (Lipinski definition) is 1. The molecule has 1 aromatic rings. The molecule has 1 aromatic carbocycles. The molecule has 1 rings (SSSR count). The summed E-state index contributed by atoms with van der Waals surface area (Å²) in [6, 6.07) is 6.23. The average molecular weight is 286 g/mol. The number of nitrogens with zero attached hydrogens (tertiary/aromatic N) is 2. The van der Waals surface area contributed by atoms with Crippen molar-refractivity contribution in [3.8, 4) is 0 Å². The van der Waals surface area contributed by atoms with Gasteiger partial charge in [0.1, 0.15) is 0 Å². The third kappa shape index (κ3) is 3.77. The van der Waals surface area contributed by atoms with Crippen LogP contribution in [0.25, 0.3) is 0 Å². The first-order valence-electron chi connectivity index (χ1n) is 5.39. The van der Waals surface area contributed by atoms with Crippen LogP contribution in [0.15, 0.2) is 22.7 Å². The van der Waals surface area contributed by atoms with E-state index in [9.17, 15) is 0 Å². The van der Waals surface area contributed by atoms with Crippen LogP contribution < -0.4 is 10.6 Å². The van der Waals surface area contributed by atoms with Gasteiger partial charge in [0.2, 0.25) is 0 Å². The Morgan fingerprint density at radius 2 is 1.88 bits per heavy atom. The van der Waals surface area contributed by atoms with Gasteiger partial charge in [-0.3, -0.25) is 0 Å². The van der Waals surface area contributed by atoms with Crippen molar-refractivity contribution in [3.63, 3.8) is 0 Å². The Morgan fingerprint density at radius 1 is 1.19 bits per heavy atom. The summed E-state index contributed by atoms with van der Waals surface area (Å²) >= 11 is 3.50. The minimum Gasteiger partial charge on any atom is -0.373 e. The third-order valence-electron chi connectivity index (χ3n) is 2.56. The van der Waals surface area contributed by atoms with Crippen LogP contribution >= 0.6 is 15.9 Å². The van der Waals surface area contributed by atoms with E-state index >= 15 is 0 Å². The lowest BCUT2D eigenvalue weighted by atomic mass is 10.1. The standard InChI is InChI=1S/C12H20BrN3/c1-15(2)6-7-16(3)12-8-11(13)5-4-10(12)9-14/h4-5,8H,6-7,9,14H2,1-3H3. The number of halogens is 1. The van der Waals surface area contributed by atoms with Gasteiger partial charge in [0.15, 0.2) is 0 Å². The fourth-order valence-electron chi connectivity index (χ4n) is 1.54. The van der Waals surface area contributed by atoms with Gasteiger partial charge in [0, 0.05) is 36.8 Å². The third-order valence-corrected chi connectivity index (χ3v) is 3.05. The molecule has 0 bridgehead atoms. The van der Waals surface area contributed by atoms with Gasteiger partial charge < -0.3 is 15.5 Å². The maximum atomic E-state index is 5.74.